The molecule has 0 saturated heterocycles. The topological polar surface area (TPSA) is 52.7 Å². The summed E-state index contributed by atoms with van der Waals surface area (Å²) in [6.07, 6.45) is 0.430. The van der Waals surface area contributed by atoms with E-state index in [1.807, 2.05) is 80.4 Å². The van der Waals surface area contributed by atoms with Crippen molar-refractivity contribution in [2.24, 2.45) is 0 Å². The molecule has 0 spiro atoms. The highest BCUT2D eigenvalue weighted by Crippen LogP contribution is 2.26. The lowest BCUT2D eigenvalue weighted by atomic mass is 10.1. The van der Waals surface area contributed by atoms with Gasteiger partial charge in [0.25, 0.3) is 5.91 Å². The van der Waals surface area contributed by atoms with E-state index in [-0.39, 0.29) is 17.9 Å². The number of amides is 2. The molecular formula is C20H27N3O2S. The summed E-state index contributed by atoms with van der Waals surface area (Å²) in [5, 5.41) is 4.81. The van der Waals surface area contributed by atoms with E-state index >= 15 is 0 Å². The zero-order valence-electron chi connectivity index (χ0n) is 16.1. The van der Waals surface area contributed by atoms with Gasteiger partial charge in [-0.3, -0.25) is 9.59 Å². The summed E-state index contributed by atoms with van der Waals surface area (Å²) in [5.74, 6) is 0.00614. The number of benzene rings is 1. The van der Waals surface area contributed by atoms with Gasteiger partial charge in [-0.25, -0.2) is 0 Å². The molecule has 26 heavy (non-hydrogen) atoms. The van der Waals surface area contributed by atoms with Gasteiger partial charge in [-0.2, -0.15) is 0 Å². The van der Waals surface area contributed by atoms with Gasteiger partial charge in [-0.05, 0) is 49.1 Å². The van der Waals surface area contributed by atoms with Crippen LogP contribution in [0.2, 0.25) is 0 Å². The number of rotatable bonds is 7. The largest absolute Gasteiger partial charge is 0.377 e. The van der Waals surface area contributed by atoms with E-state index in [0.717, 1.165) is 21.8 Å². The molecule has 1 heterocycles. The molecule has 0 aliphatic rings. The molecule has 5 nitrogen and oxygen atoms in total. The molecule has 2 rings (SSSR count). The standard InChI is InChI=1S/C20H27N3O2S/c1-6-19(24)21-16-9-10-17(22(4)5)15(12-16)13-23(14(2)3)20(25)18-8-7-11-26-18/h7-12,14H,6,13H2,1-5H3,(H,21,24). The summed E-state index contributed by atoms with van der Waals surface area (Å²) in [7, 11) is 3.95. The minimum Gasteiger partial charge on any atom is -0.377 e. The van der Waals surface area contributed by atoms with Crippen molar-refractivity contribution in [2.75, 3.05) is 24.3 Å². The summed E-state index contributed by atoms with van der Waals surface area (Å²) in [4.78, 5) is 29.2. The summed E-state index contributed by atoms with van der Waals surface area (Å²) in [6, 6.07) is 9.64. The molecule has 1 aromatic heterocycles. The number of hydrogen-bond donors (Lipinski definition) is 1. The highest BCUT2D eigenvalue weighted by atomic mass is 32.1. The van der Waals surface area contributed by atoms with Gasteiger partial charge in [-0.15, -0.1) is 11.3 Å². The highest BCUT2D eigenvalue weighted by Gasteiger charge is 2.21. The molecular weight excluding hydrogens is 346 g/mol. The highest BCUT2D eigenvalue weighted by molar-refractivity contribution is 7.12. The number of thiophene rings is 1. The molecule has 2 amide bonds. The van der Waals surface area contributed by atoms with Crippen molar-refractivity contribution in [3.63, 3.8) is 0 Å². The minimum atomic E-state index is -0.0241. The van der Waals surface area contributed by atoms with Gasteiger partial charge >= 0.3 is 0 Å². The molecule has 6 heteroatoms. The monoisotopic (exact) mass is 373 g/mol. The smallest absolute Gasteiger partial charge is 0.264 e. The number of carbonyl (C=O) groups excluding carboxylic acids is 2. The second-order valence-corrected chi connectivity index (χ2v) is 7.59. The fraction of sp³-hybridized carbons (Fsp3) is 0.400. The average Bonchev–Trinajstić information content (AvgIpc) is 3.13. The van der Waals surface area contributed by atoms with Crippen molar-refractivity contribution in [2.45, 2.75) is 39.8 Å². The van der Waals surface area contributed by atoms with Crippen LogP contribution in [-0.2, 0) is 11.3 Å². The molecule has 0 aliphatic carbocycles. The van der Waals surface area contributed by atoms with Crippen molar-refractivity contribution >= 4 is 34.5 Å². The molecule has 140 valence electrons. The molecule has 1 aromatic carbocycles. The maximum absolute atomic E-state index is 12.9. The Morgan fingerprint density at radius 3 is 2.46 bits per heavy atom. The van der Waals surface area contributed by atoms with Crippen LogP contribution in [-0.4, -0.2) is 36.9 Å². The SMILES string of the molecule is CCC(=O)Nc1ccc(N(C)C)c(CN(C(=O)c2cccs2)C(C)C)c1. The van der Waals surface area contributed by atoms with Crippen molar-refractivity contribution in [1.29, 1.82) is 0 Å². The molecule has 0 unspecified atom stereocenters. The lowest BCUT2D eigenvalue weighted by Crippen LogP contribution is -2.36. The number of carbonyl (C=O) groups is 2. The van der Waals surface area contributed by atoms with Crippen LogP contribution in [0.3, 0.4) is 0 Å². The Hall–Kier alpha value is -2.34. The summed E-state index contributed by atoms with van der Waals surface area (Å²) < 4.78 is 0. The van der Waals surface area contributed by atoms with Gasteiger partial charge in [0, 0.05) is 44.5 Å². The molecule has 1 N–H and O–H groups in total. The molecule has 0 bridgehead atoms. The second-order valence-electron chi connectivity index (χ2n) is 6.64. The number of hydrogen-bond acceptors (Lipinski definition) is 4. The number of nitrogens with zero attached hydrogens (tertiary/aromatic N) is 2. The van der Waals surface area contributed by atoms with Crippen molar-refractivity contribution in [3.8, 4) is 0 Å². The predicted octanol–water partition coefficient (Wildman–Crippen LogP) is 4.21. The van der Waals surface area contributed by atoms with Gasteiger partial charge in [0.05, 0.1) is 4.88 Å². The zero-order valence-corrected chi connectivity index (χ0v) is 16.9. The fourth-order valence-electron chi connectivity index (χ4n) is 2.69. The first-order chi connectivity index (χ1) is 12.3. The van der Waals surface area contributed by atoms with Gasteiger partial charge in [-0.1, -0.05) is 13.0 Å². The van der Waals surface area contributed by atoms with E-state index in [0.29, 0.717) is 13.0 Å². The summed E-state index contributed by atoms with van der Waals surface area (Å²) in [6.45, 7) is 6.34. The first-order valence-electron chi connectivity index (χ1n) is 8.78. The quantitative estimate of drug-likeness (QED) is 0.791. The molecule has 0 radical (unpaired) electrons. The van der Waals surface area contributed by atoms with Crippen LogP contribution in [0.15, 0.2) is 35.7 Å². The van der Waals surface area contributed by atoms with E-state index < -0.39 is 0 Å². The van der Waals surface area contributed by atoms with E-state index in [2.05, 4.69) is 5.32 Å². The molecule has 0 fully saturated rings. The predicted molar refractivity (Wildman–Crippen MR) is 109 cm³/mol. The normalized spacial score (nSPS) is 10.7. The Morgan fingerprint density at radius 2 is 1.92 bits per heavy atom. The van der Waals surface area contributed by atoms with E-state index in [1.54, 1.807) is 0 Å². The van der Waals surface area contributed by atoms with Crippen LogP contribution in [0.4, 0.5) is 11.4 Å². The molecule has 0 aliphatic heterocycles. The molecule has 0 saturated carbocycles. The molecule has 0 atom stereocenters. The summed E-state index contributed by atoms with van der Waals surface area (Å²) >= 11 is 1.45. The van der Waals surface area contributed by atoms with Crippen LogP contribution in [0.25, 0.3) is 0 Å². The van der Waals surface area contributed by atoms with E-state index in [9.17, 15) is 9.59 Å². The van der Waals surface area contributed by atoms with E-state index in [1.165, 1.54) is 11.3 Å². The third kappa shape index (κ3) is 4.85. The van der Waals surface area contributed by atoms with Crippen LogP contribution in [0.1, 0.15) is 42.4 Å². The lowest BCUT2D eigenvalue weighted by molar-refractivity contribution is -0.115. The van der Waals surface area contributed by atoms with Crippen molar-refractivity contribution < 1.29 is 9.59 Å². The Labute approximate surface area is 159 Å². The van der Waals surface area contributed by atoms with Crippen molar-refractivity contribution in [3.05, 3.63) is 46.2 Å². The van der Waals surface area contributed by atoms with Crippen LogP contribution >= 0.6 is 11.3 Å². The molecule has 2 aromatic rings. The number of anilines is 2. The Morgan fingerprint density at radius 1 is 1.19 bits per heavy atom. The third-order valence-electron chi connectivity index (χ3n) is 4.12. The second kappa shape index (κ2) is 8.85. The third-order valence-corrected chi connectivity index (χ3v) is 4.98. The zero-order chi connectivity index (χ0) is 19.3. The maximum atomic E-state index is 12.9. The van der Waals surface area contributed by atoms with Gasteiger partial charge in [0.2, 0.25) is 5.91 Å². The van der Waals surface area contributed by atoms with Gasteiger partial charge in [0.1, 0.15) is 0 Å². The first kappa shape index (κ1) is 20.0. The van der Waals surface area contributed by atoms with Gasteiger partial charge < -0.3 is 15.1 Å². The van der Waals surface area contributed by atoms with Crippen LogP contribution < -0.4 is 10.2 Å². The Kier molecular flexibility index (Phi) is 6.80. The summed E-state index contributed by atoms with van der Waals surface area (Å²) in [5.41, 5.74) is 2.79. The van der Waals surface area contributed by atoms with Gasteiger partial charge in [0.15, 0.2) is 0 Å². The Balaban J connectivity index is 2.35. The lowest BCUT2D eigenvalue weighted by Gasteiger charge is -2.29. The average molecular weight is 374 g/mol. The first-order valence-corrected chi connectivity index (χ1v) is 9.66. The maximum Gasteiger partial charge on any atom is 0.264 e. The van der Waals surface area contributed by atoms with Crippen LogP contribution in [0.5, 0.6) is 0 Å². The van der Waals surface area contributed by atoms with E-state index in [4.69, 9.17) is 0 Å². The minimum absolute atomic E-state index is 0.0241. The van der Waals surface area contributed by atoms with Crippen molar-refractivity contribution in [1.82, 2.24) is 4.90 Å². The van der Waals surface area contributed by atoms with Crippen LogP contribution in [0, 0.1) is 0 Å². The fourth-order valence-corrected chi connectivity index (χ4v) is 3.37. The Bertz CT molecular complexity index is 754. The number of nitrogens with one attached hydrogen (secondary N) is 1.